The fraction of sp³-hybridized carbons (Fsp3) is 0.524. The zero-order valence-electron chi connectivity index (χ0n) is 16.2. The van der Waals surface area contributed by atoms with E-state index >= 15 is 0 Å². The molecule has 6 nitrogen and oxygen atoms in total. The number of likely N-dealkylation sites (tertiary alicyclic amines) is 1. The number of aryl methyl sites for hydroxylation is 1. The second-order valence-corrected chi connectivity index (χ2v) is 9.28. The van der Waals surface area contributed by atoms with Gasteiger partial charge >= 0.3 is 0 Å². The van der Waals surface area contributed by atoms with E-state index in [4.69, 9.17) is 4.42 Å². The molecule has 0 bridgehead atoms. The molecular formula is C21H26N4O2S. The fourth-order valence-electron chi connectivity index (χ4n) is 4.85. The number of furan rings is 1. The van der Waals surface area contributed by atoms with Gasteiger partial charge in [-0.1, -0.05) is 0 Å². The quantitative estimate of drug-likeness (QED) is 0.729. The summed E-state index contributed by atoms with van der Waals surface area (Å²) in [7, 11) is 0. The number of piperidine rings is 2. The van der Waals surface area contributed by atoms with E-state index in [1.807, 2.05) is 19.1 Å². The lowest BCUT2D eigenvalue weighted by Crippen LogP contribution is -2.54. The maximum absolute atomic E-state index is 10.7. The van der Waals surface area contributed by atoms with Crippen molar-refractivity contribution in [2.75, 3.05) is 31.1 Å². The number of fused-ring (bicyclic) bond motifs is 1. The van der Waals surface area contributed by atoms with Gasteiger partial charge in [-0.25, -0.2) is 9.97 Å². The van der Waals surface area contributed by atoms with E-state index in [-0.39, 0.29) is 11.5 Å². The maximum Gasteiger partial charge on any atom is 0.150 e. The van der Waals surface area contributed by atoms with Gasteiger partial charge in [-0.05, 0) is 68.3 Å². The Hall–Kier alpha value is -1.96. The molecule has 2 saturated heterocycles. The van der Waals surface area contributed by atoms with Gasteiger partial charge in [-0.2, -0.15) is 0 Å². The second kappa shape index (κ2) is 7.13. The third-order valence-corrected chi connectivity index (χ3v) is 7.14. The topological polar surface area (TPSA) is 65.6 Å². The average Bonchev–Trinajstić information content (AvgIpc) is 3.32. The highest BCUT2D eigenvalue weighted by Gasteiger charge is 2.42. The number of aliphatic hydroxyl groups is 1. The number of aliphatic hydroxyl groups excluding tert-OH is 1. The number of β-amino-alcohol motifs (C(OH)–C–C–N with tert-alkyl or cyclic N) is 1. The molecule has 5 rings (SSSR count). The largest absolute Gasteiger partial charge is 0.465 e. The Morgan fingerprint density at radius 3 is 2.89 bits per heavy atom. The van der Waals surface area contributed by atoms with Crippen molar-refractivity contribution in [3.8, 4) is 0 Å². The Bertz CT molecular complexity index is 960. The van der Waals surface area contributed by atoms with Gasteiger partial charge in [0.15, 0.2) is 0 Å². The summed E-state index contributed by atoms with van der Waals surface area (Å²) < 4.78 is 6.87. The summed E-state index contributed by atoms with van der Waals surface area (Å²) in [6, 6.07) is 6.15. The Labute approximate surface area is 168 Å². The van der Waals surface area contributed by atoms with Gasteiger partial charge in [0.05, 0.1) is 22.9 Å². The molecule has 1 unspecified atom stereocenters. The average molecular weight is 399 g/mol. The molecule has 1 atom stereocenters. The number of hydrogen-bond donors (Lipinski definition) is 1. The summed E-state index contributed by atoms with van der Waals surface area (Å²) in [5.41, 5.74) is 1.15. The predicted molar refractivity (Wildman–Crippen MR) is 111 cm³/mol. The van der Waals surface area contributed by atoms with Gasteiger partial charge in [0.1, 0.15) is 23.7 Å². The van der Waals surface area contributed by atoms with Crippen LogP contribution in [0.2, 0.25) is 0 Å². The van der Waals surface area contributed by atoms with Gasteiger partial charge < -0.3 is 14.4 Å². The molecule has 3 aromatic heterocycles. The first-order chi connectivity index (χ1) is 13.6. The molecule has 3 aromatic rings. The van der Waals surface area contributed by atoms with Crippen LogP contribution < -0.4 is 4.90 Å². The Kier molecular flexibility index (Phi) is 4.61. The van der Waals surface area contributed by atoms with Crippen molar-refractivity contribution < 1.29 is 9.52 Å². The van der Waals surface area contributed by atoms with Crippen molar-refractivity contribution in [1.29, 1.82) is 0 Å². The maximum atomic E-state index is 10.7. The first-order valence-electron chi connectivity index (χ1n) is 9.99. The van der Waals surface area contributed by atoms with Crippen LogP contribution in [0, 0.1) is 12.3 Å². The SMILES string of the molecule is Cc1ccc(CN2CCC3(CC2)CC(O)CN(c2ncnc4ccsc24)C3)o1. The molecule has 1 spiro atoms. The van der Waals surface area contributed by atoms with Crippen LogP contribution in [0.15, 0.2) is 34.3 Å². The van der Waals surface area contributed by atoms with Crippen molar-refractivity contribution in [2.45, 2.75) is 38.8 Å². The van der Waals surface area contributed by atoms with Gasteiger partial charge in [0.2, 0.25) is 0 Å². The number of rotatable bonds is 3. The Morgan fingerprint density at radius 1 is 1.25 bits per heavy atom. The van der Waals surface area contributed by atoms with E-state index in [2.05, 4.69) is 31.2 Å². The molecule has 0 saturated carbocycles. The zero-order valence-corrected chi connectivity index (χ0v) is 17.0. The van der Waals surface area contributed by atoms with Crippen LogP contribution in [-0.2, 0) is 6.54 Å². The first kappa shape index (κ1) is 18.1. The highest BCUT2D eigenvalue weighted by molar-refractivity contribution is 7.17. The molecule has 5 heterocycles. The summed E-state index contributed by atoms with van der Waals surface area (Å²) >= 11 is 1.68. The molecule has 2 fully saturated rings. The van der Waals surface area contributed by atoms with Crippen LogP contribution in [0.5, 0.6) is 0 Å². The van der Waals surface area contributed by atoms with E-state index in [0.29, 0.717) is 6.54 Å². The van der Waals surface area contributed by atoms with E-state index in [1.54, 1.807) is 17.7 Å². The lowest BCUT2D eigenvalue weighted by Gasteiger charge is -2.49. The first-order valence-corrected chi connectivity index (χ1v) is 10.9. The van der Waals surface area contributed by atoms with Crippen LogP contribution in [0.25, 0.3) is 10.2 Å². The number of hydrogen-bond acceptors (Lipinski definition) is 7. The molecule has 0 aromatic carbocycles. The summed E-state index contributed by atoms with van der Waals surface area (Å²) in [4.78, 5) is 13.7. The number of aromatic nitrogens is 2. The highest BCUT2D eigenvalue weighted by atomic mass is 32.1. The van der Waals surface area contributed by atoms with Gasteiger partial charge in [-0.15, -0.1) is 11.3 Å². The lowest BCUT2D eigenvalue weighted by atomic mass is 9.71. The summed E-state index contributed by atoms with van der Waals surface area (Å²) in [5, 5.41) is 12.7. The van der Waals surface area contributed by atoms with Gasteiger partial charge in [0, 0.05) is 13.1 Å². The van der Waals surface area contributed by atoms with Gasteiger partial charge in [-0.3, -0.25) is 4.90 Å². The molecule has 0 radical (unpaired) electrons. The third-order valence-electron chi connectivity index (χ3n) is 6.24. The van der Waals surface area contributed by atoms with Crippen LogP contribution in [0.3, 0.4) is 0 Å². The van der Waals surface area contributed by atoms with Crippen LogP contribution >= 0.6 is 11.3 Å². The van der Waals surface area contributed by atoms with Crippen molar-refractivity contribution in [3.05, 3.63) is 41.4 Å². The highest BCUT2D eigenvalue weighted by Crippen LogP contribution is 2.42. The Balaban J connectivity index is 1.31. The number of thiophene rings is 1. The zero-order chi connectivity index (χ0) is 19.1. The van der Waals surface area contributed by atoms with Gasteiger partial charge in [0.25, 0.3) is 0 Å². The molecule has 28 heavy (non-hydrogen) atoms. The number of anilines is 1. The van der Waals surface area contributed by atoms with E-state index < -0.39 is 0 Å². The molecule has 2 aliphatic rings. The minimum Gasteiger partial charge on any atom is -0.465 e. The van der Waals surface area contributed by atoms with Crippen molar-refractivity contribution in [1.82, 2.24) is 14.9 Å². The van der Waals surface area contributed by atoms with Crippen LogP contribution in [-0.4, -0.2) is 52.3 Å². The number of nitrogens with zero attached hydrogens (tertiary/aromatic N) is 4. The second-order valence-electron chi connectivity index (χ2n) is 8.36. The monoisotopic (exact) mass is 398 g/mol. The summed E-state index contributed by atoms with van der Waals surface area (Å²) in [6.45, 7) is 6.56. The third kappa shape index (κ3) is 3.43. The lowest BCUT2D eigenvalue weighted by molar-refractivity contribution is 0.0229. The normalized spacial score (nSPS) is 22.9. The van der Waals surface area contributed by atoms with Crippen molar-refractivity contribution in [3.63, 3.8) is 0 Å². The van der Waals surface area contributed by atoms with E-state index in [9.17, 15) is 5.11 Å². The minimum absolute atomic E-state index is 0.155. The molecule has 0 aliphatic carbocycles. The van der Waals surface area contributed by atoms with E-state index in [1.165, 1.54) is 0 Å². The fourth-order valence-corrected chi connectivity index (χ4v) is 5.72. The molecule has 148 valence electrons. The molecule has 2 aliphatic heterocycles. The smallest absolute Gasteiger partial charge is 0.150 e. The minimum atomic E-state index is -0.307. The Morgan fingerprint density at radius 2 is 2.11 bits per heavy atom. The molecule has 0 amide bonds. The molecule has 1 N–H and O–H groups in total. The van der Waals surface area contributed by atoms with Crippen molar-refractivity contribution >= 4 is 27.4 Å². The summed E-state index contributed by atoms with van der Waals surface area (Å²) in [6.07, 6.45) is 4.41. The standard InChI is InChI=1S/C21H26N4O2S/c1-15-2-3-17(27-15)12-24-7-5-21(6-8-24)10-16(26)11-25(13-21)20-19-18(4-9-28-19)22-14-23-20/h2-4,9,14,16,26H,5-8,10-13H2,1H3. The van der Waals surface area contributed by atoms with Crippen LogP contribution in [0.4, 0.5) is 5.82 Å². The van der Waals surface area contributed by atoms with E-state index in [0.717, 1.165) is 73.0 Å². The molecule has 7 heteroatoms. The predicted octanol–water partition coefficient (Wildman–Crippen LogP) is 3.45. The summed E-state index contributed by atoms with van der Waals surface area (Å²) in [5.74, 6) is 2.99. The van der Waals surface area contributed by atoms with Crippen LogP contribution in [0.1, 0.15) is 30.8 Å². The van der Waals surface area contributed by atoms with Crippen molar-refractivity contribution in [2.24, 2.45) is 5.41 Å². The molecular weight excluding hydrogens is 372 g/mol.